The number of aryl methyl sites for hydroxylation is 1. The molecule has 0 amide bonds. The highest BCUT2D eigenvalue weighted by Crippen LogP contribution is 2.34. The maximum absolute atomic E-state index is 5.90. The van der Waals surface area contributed by atoms with Crippen LogP contribution in [0.3, 0.4) is 0 Å². The van der Waals surface area contributed by atoms with Gasteiger partial charge < -0.3 is 10.6 Å². The molecule has 0 aliphatic heterocycles. The van der Waals surface area contributed by atoms with Crippen LogP contribution in [0.4, 0.5) is 11.4 Å². The summed E-state index contributed by atoms with van der Waals surface area (Å²) in [6.07, 6.45) is 0. The van der Waals surface area contributed by atoms with Crippen LogP contribution in [-0.2, 0) is 0 Å². The maximum atomic E-state index is 5.90. The number of halogens is 1. The predicted octanol–water partition coefficient (Wildman–Crippen LogP) is 4.55. The summed E-state index contributed by atoms with van der Waals surface area (Å²) in [6.45, 7) is 5.07. The molecule has 0 saturated heterocycles. The van der Waals surface area contributed by atoms with E-state index in [0.29, 0.717) is 4.99 Å². The Morgan fingerprint density at radius 2 is 1.80 bits per heavy atom. The summed E-state index contributed by atoms with van der Waals surface area (Å²) < 4.78 is 0.925. The van der Waals surface area contributed by atoms with Gasteiger partial charge in [0.1, 0.15) is 4.99 Å². The van der Waals surface area contributed by atoms with Crippen molar-refractivity contribution < 1.29 is 0 Å². The Balaban J connectivity index is 2.62. The van der Waals surface area contributed by atoms with Gasteiger partial charge in [-0.25, -0.2) is 0 Å². The molecule has 0 spiro atoms. The number of para-hydroxylation sites is 1. The minimum Gasteiger partial charge on any atom is -0.389 e. The number of rotatable bonds is 4. The van der Waals surface area contributed by atoms with E-state index in [1.54, 1.807) is 0 Å². The smallest absolute Gasteiger partial charge is 0.107 e. The van der Waals surface area contributed by atoms with E-state index in [1.165, 1.54) is 11.3 Å². The van der Waals surface area contributed by atoms with Crippen LogP contribution in [0.5, 0.6) is 0 Å². The quantitative estimate of drug-likeness (QED) is 0.821. The molecular formula is C16H17BrN2S. The van der Waals surface area contributed by atoms with Crippen LogP contribution in [0.15, 0.2) is 46.9 Å². The Bertz CT molecular complexity index is 640. The molecule has 20 heavy (non-hydrogen) atoms. The Labute approximate surface area is 133 Å². The third-order valence-corrected chi connectivity index (χ3v) is 4.12. The number of hydrogen-bond donors (Lipinski definition) is 1. The van der Waals surface area contributed by atoms with Gasteiger partial charge in [0.25, 0.3) is 0 Å². The summed E-state index contributed by atoms with van der Waals surface area (Å²) in [5.74, 6) is 0. The van der Waals surface area contributed by atoms with Crippen LogP contribution < -0.4 is 10.6 Å². The number of hydrogen-bond acceptors (Lipinski definition) is 2. The first-order chi connectivity index (χ1) is 9.56. The van der Waals surface area contributed by atoms with E-state index in [-0.39, 0.29) is 0 Å². The van der Waals surface area contributed by atoms with Crippen molar-refractivity contribution in [1.29, 1.82) is 0 Å². The SMILES string of the molecule is CCN(c1ccccc1C)c1cccc(Br)c1C(N)=S. The molecule has 0 atom stereocenters. The van der Waals surface area contributed by atoms with Crippen LogP contribution in [-0.4, -0.2) is 11.5 Å². The number of nitrogens with zero attached hydrogens (tertiary/aromatic N) is 1. The standard InChI is InChI=1S/C16H17BrN2S/c1-3-19(13-9-5-4-7-11(13)2)14-10-6-8-12(17)15(14)16(18)20/h4-10H,3H2,1-2H3,(H2,18,20). The predicted molar refractivity (Wildman–Crippen MR) is 93.9 cm³/mol. The highest BCUT2D eigenvalue weighted by atomic mass is 79.9. The highest BCUT2D eigenvalue weighted by Gasteiger charge is 2.16. The molecule has 0 bridgehead atoms. The Kier molecular flexibility index (Phi) is 4.78. The molecule has 2 rings (SSSR count). The van der Waals surface area contributed by atoms with E-state index >= 15 is 0 Å². The Morgan fingerprint density at radius 1 is 1.15 bits per heavy atom. The molecule has 0 aromatic heterocycles. The molecule has 0 fully saturated rings. The fourth-order valence-corrected chi connectivity index (χ4v) is 3.23. The lowest BCUT2D eigenvalue weighted by atomic mass is 10.1. The summed E-state index contributed by atoms with van der Waals surface area (Å²) >= 11 is 8.75. The van der Waals surface area contributed by atoms with Crippen molar-refractivity contribution in [2.75, 3.05) is 11.4 Å². The van der Waals surface area contributed by atoms with Gasteiger partial charge in [0, 0.05) is 22.3 Å². The summed E-state index contributed by atoms with van der Waals surface area (Å²) in [5, 5.41) is 0. The molecule has 0 unspecified atom stereocenters. The molecule has 2 N–H and O–H groups in total. The molecule has 4 heteroatoms. The second-order valence-electron chi connectivity index (χ2n) is 4.53. The third-order valence-electron chi connectivity index (χ3n) is 3.25. The zero-order chi connectivity index (χ0) is 14.7. The zero-order valence-corrected chi connectivity index (χ0v) is 14.0. The van der Waals surface area contributed by atoms with Crippen molar-refractivity contribution in [3.8, 4) is 0 Å². The molecule has 2 nitrogen and oxygen atoms in total. The first-order valence-corrected chi connectivity index (χ1v) is 7.67. The highest BCUT2D eigenvalue weighted by molar-refractivity contribution is 9.10. The fraction of sp³-hybridized carbons (Fsp3) is 0.188. The fourth-order valence-electron chi connectivity index (χ4n) is 2.32. The Morgan fingerprint density at radius 3 is 2.40 bits per heavy atom. The van der Waals surface area contributed by atoms with E-state index in [0.717, 1.165) is 22.3 Å². The van der Waals surface area contributed by atoms with Gasteiger partial charge >= 0.3 is 0 Å². The van der Waals surface area contributed by atoms with Gasteiger partial charge in [-0.15, -0.1) is 0 Å². The van der Waals surface area contributed by atoms with E-state index in [9.17, 15) is 0 Å². The van der Waals surface area contributed by atoms with Gasteiger partial charge in [-0.3, -0.25) is 0 Å². The second kappa shape index (κ2) is 6.37. The average molecular weight is 349 g/mol. The van der Waals surface area contributed by atoms with E-state index in [1.807, 2.05) is 24.3 Å². The van der Waals surface area contributed by atoms with Gasteiger partial charge in [-0.05, 0) is 53.5 Å². The van der Waals surface area contributed by atoms with Crippen molar-refractivity contribution in [2.24, 2.45) is 5.73 Å². The molecule has 0 heterocycles. The molecule has 2 aromatic rings. The van der Waals surface area contributed by atoms with Crippen molar-refractivity contribution in [3.63, 3.8) is 0 Å². The molecule has 0 aliphatic rings. The lowest BCUT2D eigenvalue weighted by molar-refractivity contribution is 1.01. The van der Waals surface area contributed by atoms with E-state index in [4.69, 9.17) is 18.0 Å². The van der Waals surface area contributed by atoms with Crippen LogP contribution >= 0.6 is 28.1 Å². The molecule has 0 radical (unpaired) electrons. The van der Waals surface area contributed by atoms with Gasteiger partial charge in [-0.1, -0.05) is 36.5 Å². The molecule has 0 aliphatic carbocycles. The maximum Gasteiger partial charge on any atom is 0.107 e. The monoisotopic (exact) mass is 348 g/mol. The third kappa shape index (κ3) is 2.86. The first-order valence-electron chi connectivity index (χ1n) is 6.47. The van der Waals surface area contributed by atoms with Gasteiger partial charge in [0.15, 0.2) is 0 Å². The number of benzene rings is 2. The van der Waals surface area contributed by atoms with E-state index < -0.39 is 0 Å². The van der Waals surface area contributed by atoms with Gasteiger partial charge in [0.05, 0.1) is 5.69 Å². The van der Waals surface area contributed by atoms with Crippen LogP contribution in [0.2, 0.25) is 0 Å². The number of nitrogens with two attached hydrogens (primary N) is 1. The molecular weight excluding hydrogens is 332 g/mol. The molecule has 2 aromatic carbocycles. The topological polar surface area (TPSA) is 29.3 Å². The van der Waals surface area contributed by atoms with Crippen LogP contribution in [0, 0.1) is 6.92 Å². The average Bonchev–Trinajstić information content (AvgIpc) is 2.41. The van der Waals surface area contributed by atoms with Crippen LogP contribution in [0.25, 0.3) is 0 Å². The van der Waals surface area contributed by atoms with Gasteiger partial charge in [-0.2, -0.15) is 0 Å². The zero-order valence-electron chi connectivity index (χ0n) is 11.6. The van der Waals surface area contributed by atoms with E-state index in [2.05, 4.69) is 52.9 Å². The largest absolute Gasteiger partial charge is 0.389 e. The van der Waals surface area contributed by atoms with Crippen molar-refractivity contribution in [2.45, 2.75) is 13.8 Å². The van der Waals surface area contributed by atoms with Crippen LogP contribution in [0.1, 0.15) is 18.1 Å². The lowest BCUT2D eigenvalue weighted by Gasteiger charge is -2.27. The van der Waals surface area contributed by atoms with Crippen molar-refractivity contribution in [1.82, 2.24) is 0 Å². The minimum absolute atomic E-state index is 0.402. The molecule has 0 saturated carbocycles. The second-order valence-corrected chi connectivity index (χ2v) is 5.82. The minimum atomic E-state index is 0.402. The number of anilines is 2. The summed E-state index contributed by atoms with van der Waals surface area (Å²) in [6, 6.07) is 14.3. The number of thiocarbonyl (C=S) groups is 1. The summed E-state index contributed by atoms with van der Waals surface area (Å²) in [4.78, 5) is 2.63. The summed E-state index contributed by atoms with van der Waals surface area (Å²) in [7, 11) is 0. The summed E-state index contributed by atoms with van der Waals surface area (Å²) in [5.41, 5.74) is 10.2. The van der Waals surface area contributed by atoms with Crippen molar-refractivity contribution >= 4 is 44.5 Å². The molecule has 104 valence electrons. The Hall–Kier alpha value is -1.39. The van der Waals surface area contributed by atoms with Gasteiger partial charge in [0.2, 0.25) is 0 Å². The lowest BCUT2D eigenvalue weighted by Crippen LogP contribution is -2.22. The first kappa shape index (κ1) is 15.0. The normalized spacial score (nSPS) is 10.3. The van der Waals surface area contributed by atoms with Crippen molar-refractivity contribution in [3.05, 3.63) is 58.1 Å².